The van der Waals surface area contributed by atoms with Crippen LogP contribution in [0.4, 0.5) is 15.2 Å². The van der Waals surface area contributed by atoms with E-state index < -0.39 is 10.0 Å². The molecule has 0 bridgehead atoms. The Balaban J connectivity index is 1.37. The van der Waals surface area contributed by atoms with Gasteiger partial charge in [-0.15, -0.1) is 0 Å². The fraction of sp³-hybridized carbons (Fsp3) is 0.286. The van der Waals surface area contributed by atoms with Crippen LogP contribution in [0.15, 0.2) is 53.4 Å². The predicted molar refractivity (Wildman–Crippen MR) is 121 cm³/mol. The Morgan fingerprint density at radius 1 is 1.06 bits per heavy atom. The lowest BCUT2D eigenvalue weighted by Crippen LogP contribution is -2.48. The third-order valence-electron chi connectivity index (χ3n) is 5.05. The van der Waals surface area contributed by atoms with E-state index in [0.717, 1.165) is 10.7 Å². The van der Waals surface area contributed by atoms with Crippen LogP contribution in [0.1, 0.15) is 18.3 Å². The summed E-state index contributed by atoms with van der Waals surface area (Å²) in [6, 6.07) is 12.4. The minimum Gasteiger partial charge on any atom is -0.344 e. The zero-order chi connectivity index (χ0) is 22.7. The highest BCUT2D eigenvalue weighted by Crippen LogP contribution is 2.24. The highest BCUT2D eigenvalue weighted by atomic mass is 32.2. The summed E-state index contributed by atoms with van der Waals surface area (Å²) in [6.45, 7) is 3.09. The molecule has 2 heterocycles. The van der Waals surface area contributed by atoms with Gasteiger partial charge in [-0.05, 0) is 42.0 Å². The summed E-state index contributed by atoms with van der Waals surface area (Å²) in [5.74, 6) is 0.164. The standard InChI is InChI=1S/C21H22FN5O3S2/c1-15(28)23-18-6-8-19(9-7-18)32(29,30)27-12-10-26(11-13-27)21-24-20(25-31-21)14-16-2-4-17(22)5-3-16/h2-9H,10-14H2,1H3,(H,23,28). The fourth-order valence-electron chi connectivity index (χ4n) is 3.41. The number of nitrogens with zero attached hydrogens (tertiary/aromatic N) is 4. The summed E-state index contributed by atoms with van der Waals surface area (Å²) in [5, 5.41) is 3.37. The lowest BCUT2D eigenvalue weighted by Gasteiger charge is -2.33. The van der Waals surface area contributed by atoms with Gasteiger partial charge >= 0.3 is 0 Å². The van der Waals surface area contributed by atoms with E-state index in [1.54, 1.807) is 24.3 Å². The van der Waals surface area contributed by atoms with Gasteiger partial charge in [-0.2, -0.15) is 8.68 Å². The molecule has 0 radical (unpaired) electrons. The second kappa shape index (κ2) is 9.31. The zero-order valence-electron chi connectivity index (χ0n) is 17.4. The Hall–Kier alpha value is -2.89. The molecule has 1 aliphatic heterocycles. The van der Waals surface area contributed by atoms with Crippen molar-refractivity contribution in [3.8, 4) is 0 Å². The van der Waals surface area contributed by atoms with Crippen LogP contribution in [0.5, 0.6) is 0 Å². The van der Waals surface area contributed by atoms with Gasteiger partial charge in [-0.25, -0.2) is 17.8 Å². The van der Waals surface area contributed by atoms with Gasteiger partial charge in [0.25, 0.3) is 0 Å². The number of sulfonamides is 1. The van der Waals surface area contributed by atoms with E-state index in [2.05, 4.69) is 14.7 Å². The molecule has 0 saturated carbocycles. The van der Waals surface area contributed by atoms with Crippen molar-refractivity contribution in [3.05, 3.63) is 65.7 Å². The summed E-state index contributed by atoms with van der Waals surface area (Å²) >= 11 is 1.28. The Labute approximate surface area is 189 Å². The van der Waals surface area contributed by atoms with Crippen LogP contribution in [-0.2, 0) is 21.2 Å². The molecule has 1 N–H and O–H groups in total. The monoisotopic (exact) mass is 475 g/mol. The minimum absolute atomic E-state index is 0.192. The molecule has 8 nitrogen and oxygen atoms in total. The van der Waals surface area contributed by atoms with Gasteiger partial charge in [0, 0.05) is 56.7 Å². The molecule has 11 heteroatoms. The summed E-state index contributed by atoms with van der Waals surface area (Å²) < 4.78 is 44.8. The van der Waals surface area contributed by atoms with Crippen molar-refractivity contribution in [2.75, 3.05) is 36.4 Å². The molecule has 0 atom stereocenters. The molecule has 1 aliphatic rings. The number of rotatable bonds is 6. The van der Waals surface area contributed by atoms with Crippen molar-refractivity contribution in [2.24, 2.45) is 0 Å². The van der Waals surface area contributed by atoms with Crippen molar-refractivity contribution in [1.82, 2.24) is 13.7 Å². The van der Waals surface area contributed by atoms with E-state index in [9.17, 15) is 17.6 Å². The number of aromatic nitrogens is 2. The van der Waals surface area contributed by atoms with Gasteiger partial charge in [0.15, 0.2) is 0 Å². The normalized spacial score (nSPS) is 15.0. The van der Waals surface area contributed by atoms with Gasteiger partial charge in [-0.3, -0.25) is 4.79 Å². The highest BCUT2D eigenvalue weighted by molar-refractivity contribution is 7.89. The van der Waals surface area contributed by atoms with Crippen LogP contribution < -0.4 is 10.2 Å². The van der Waals surface area contributed by atoms with E-state index in [1.807, 2.05) is 4.90 Å². The van der Waals surface area contributed by atoms with Crippen LogP contribution in [0.25, 0.3) is 0 Å². The number of piperazine rings is 1. The van der Waals surface area contributed by atoms with Crippen LogP contribution >= 0.6 is 11.5 Å². The van der Waals surface area contributed by atoms with E-state index >= 15 is 0 Å². The van der Waals surface area contributed by atoms with Crippen molar-refractivity contribution < 1.29 is 17.6 Å². The van der Waals surface area contributed by atoms with Crippen molar-refractivity contribution in [2.45, 2.75) is 18.2 Å². The molecule has 168 valence electrons. The average Bonchev–Trinajstić information content (AvgIpc) is 3.24. The number of benzene rings is 2. The first kappa shape index (κ1) is 22.3. The summed E-state index contributed by atoms with van der Waals surface area (Å²) in [7, 11) is -3.62. The topological polar surface area (TPSA) is 95.5 Å². The Morgan fingerprint density at radius 3 is 2.34 bits per heavy atom. The second-order valence-corrected chi connectivity index (χ2v) is 10.1. The number of anilines is 2. The van der Waals surface area contributed by atoms with E-state index in [4.69, 9.17) is 0 Å². The second-order valence-electron chi connectivity index (χ2n) is 7.39. The molecule has 3 aromatic rings. The molecule has 1 aromatic heterocycles. The number of carbonyl (C=O) groups is 1. The van der Waals surface area contributed by atoms with Crippen LogP contribution in [-0.4, -0.2) is 54.2 Å². The maximum Gasteiger partial charge on any atom is 0.243 e. The third kappa shape index (κ3) is 5.12. The number of nitrogens with one attached hydrogen (secondary N) is 1. The van der Waals surface area contributed by atoms with Crippen LogP contribution in [0, 0.1) is 5.82 Å². The first-order valence-electron chi connectivity index (χ1n) is 10.0. The first-order valence-corrected chi connectivity index (χ1v) is 12.2. The van der Waals surface area contributed by atoms with Gasteiger partial charge in [0.2, 0.25) is 21.1 Å². The molecule has 0 aliphatic carbocycles. The molecule has 4 rings (SSSR count). The van der Waals surface area contributed by atoms with Crippen molar-refractivity contribution >= 4 is 38.3 Å². The number of hydrogen-bond donors (Lipinski definition) is 1. The molecule has 1 saturated heterocycles. The third-order valence-corrected chi connectivity index (χ3v) is 7.78. The number of amides is 1. The molecular weight excluding hydrogens is 453 g/mol. The molecular formula is C21H22FN5O3S2. The lowest BCUT2D eigenvalue weighted by atomic mass is 10.1. The predicted octanol–water partition coefficient (Wildman–Crippen LogP) is 2.74. The van der Waals surface area contributed by atoms with Crippen LogP contribution in [0.2, 0.25) is 0 Å². The smallest absolute Gasteiger partial charge is 0.243 e. The van der Waals surface area contributed by atoms with Crippen molar-refractivity contribution in [3.63, 3.8) is 0 Å². The number of hydrogen-bond acceptors (Lipinski definition) is 7. The van der Waals surface area contributed by atoms with Gasteiger partial charge in [0.1, 0.15) is 11.6 Å². The highest BCUT2D eigenvalue weighted by Gasteiger charge is 2.29. The Morgan fingerprint density at radius 2 is 1.72 bits per heavy atom. The summed E-state index contributed by atoms with van der Waals surface area (Å²) in [5.41, 5.74) is 1.48. The minimum atomic E-state index is -3.62. The molecule has 0 unspecified atom stereocenters. The summed E-state index contributed by atoms with van der Waals surface area (Å²) in [4.78, 5) is 17.9. The molecule has 1 amide bonds. The molecule has 2 aromatic carbocycles. The van der Waals surface area contributed by atoms with Gasteiger partial charge in [0.05, 0.1) is 4.90 Å². The van der Waals surface area contributed by atoms with E-state index in [1.165, 1.54) is 47.0 Å². The quantitative estimate of drug-likeness (QED) is 0.589. The molecule has 0 spiro atoms. The first-order chi connectivity index (χ1) is 15.3. The van der Waals surface area contributed by atoms with Crippen LogP contribution in [0.3, 0.4) is 0 Å². The molecule has 1 fully saturated rings. The van der Waals surface area contributed by atoms with Gasteiger partial charge in [-0.1, -0.05) is 12.1 Å². The fourth-order valence-corrected chi connectivity index (χ4v) is 5.57. The molecule has 32 heavy (non-hydrogen) atoms. The number of halogens is 1. The summed E-state index contributed by atoms with van der Waals surface area (Å²) in [6.07, 6.45) is 0.513. The average molecular weight is 476 g/mol. The largest absolute Gasteiger partial charge is 0.344 e. The SMILES string of the molecule is CC(=O)Nc1ccc(S(=O)(=O)N2CCN(c3nc(Cc4ccc(F)cc4)ns3)CC2)cc1. The maximum atomic E-state index is 13.1. The van der Waals surface area contributed by atoms with Gasteiger partial charge < -0.3 is 10.2 Å². The van der Waals surface area contributed by atoms with E-state index in [-0.39, 0.29) is 16.6 Å². The Bertz CT molecular complexity index is 1190. The maximum absolute atomic E-state index is 13.1. The van der Waals surface area contributed by atoms with E-state index in [0.29, 0.717) is 44.1 Å². The Kier molecular flexibility index (Phi) is 6.49. The zero-order valence-corrected chi connectivity index (χ0v) is 19.0. The van der Waals surface area contributed by atoms with Crippen molar-refractivity contribution in [1.29, 1.82) is 0 Å². The number of carbonyl (C=O) groups excluding carboxylic acids is 1. The lowest BCUT2D eigenvalue weighted by molar-refractivity contribution is -0.114.